The Morgan fingerprint density at radius 2 is 2.10 bits per heavy atom. The van der Waals surface area contributed by atoms with E-state index in [1.54, 1.807) is 24.3 Å². The minimum Gasteiger partial charge on any atom is -0.352 e. The summed E-state index contributed by atoms with van der Waals surface area (Å²) in [5.74, 6) is -0.0559. The number of rotatable bonds is 5. The predicted octanol–water partition coefficient (Wildman–Crippen LogP) is 0.163. The Labute approximate surface area is 125 Å². The van der Waals surface area contributed by atoms with Gasteiger partial charge in [-0.25, -0.2) is 12.7 Å². The fourth-order valence-electron chi connectivity index (χ4n) is 2.30. The van der Waals surface area contributed by atoms with Gasteiger partial charge in [-0.3, -0.25) is 4.79 Å². The van der Waals surface area contributed by atoms with Crippen molar-refractivity contribution in [3.05, 3.63) is 29.8 Å². The van der Waals surface area contributed by atoms with Crippen LogP contribution in [0.4, 0.5) is 0 Å². The van der Waals surface area contributed by atoms with Gasteiger partial charge in [-0.05, 0) is 24.6 Å². The Bertz CT molecular complexity index is 608. The van der Waals surface area contributed by atoms with Crippen LogP contribution in [0, 0.1) is 5.92 Å². The summed E-state index contributed by atoms with van der Waals surface area (Å²) in [5, 5.41) is 5.97. The highest BCUT2D eigenvalue weighted by Crippen LogP contribution is 2.18. The van der Waals surface area contributed by atoms with E-state index in [4.69, 9.17) is 0 Å². The maximum absolute atomic E-state index is 12.3. The molecule has 1 fully saturated rings. The van der Waals surface area contributed by atoms with Crippen molar-refractivity contribution in [2.24, 2.45) is 5.92 Å². The first kappa shape index (κ1) is 15.9. The smallest absolute Gasteiger partial charge is 0.242 e. The number of carbonyl (C=O) groups excluding carboxylic acids is 1. The van der Waals surface area contributed by atoms with E-state index in [1.165, 1.54) is 18.4 Å². The normalized spacial score (nSPS) is 18.9. The number of benzene rings is 1. The molecular formula is C14H21N3O3S. The largest absolute Gasteiger partial charge is 0.352 e. The minimum absolute atomic E-state index is 0.0254. The van der Waals surface area contributed by atoms with E-state index in [0.717, 1.165) is 13.0 Å². The van der Waals surface area contributed by atoms with Gasteiger partial charge in [-0.15, -0.1) is 0 Å². The zero-order valence-corrected chi connectivity index (χ0v) is 13.1. The SMILES string of the molecule is CN(C)S(=O)(=O)c1ccccc1CNC(=O)C1CCNC1. The van der Waals surface area contributed by atoms with Gasteiger partial charge in [0.1, 0.15) is 0 Å². The molecule has 2 rings (SSSR count). The van der Waals surface area contributed by atoms with Crippen LogP contribution in [0.1, 0.15) is 12.0 Å². The fourth-order valence-corrected chi connectivity index (χ4v) is 3.42. The van der Waals surface area contributed by atoms with Crippen LogP contribution in [0.15, 0.2) is 29.2 Å². The quantitative estimate of drug-likeness (QED) is 0.812. The number of nitrogens with zero attached hydrogens (tertiary/aromatic N) is 1. The molecule has 1 aliphatic rings. The van der Waals surface area contributed by atoms with Crippen LogP contribution in [0.25, 0.3) is 0 Å². The highest BCUT2D eigenvalue weighted by molar-refractivity contribution is 7.89. The lowest BCUT2D eigenvalue weighted by Crippen LogP contribution is -2.32. The van der Waals surface area contributed by atoms with Gasteiger partial charge in [0.15, 0.2) is 0 Å². The molecule has 0 spiro atoms. The topological polar surface area (TPSA) is 78.5 Å². The van der Waals surface area contributed by atoms with Gasteiger partial charge in [-0.2, -0.15) is 0 Å². The molecule has 0 aromatic heterocycles. The average Bonchev–Trinajstić information content (AvgIpc) is 2.99. The molecule has 1 aromatic carbocycles. The third-order valence-electron chi connectivity index (χ3n) is 3.62. The standard InChI is InChI=1S/C14H21N3O3S/c1-17(2)21(19,20)13-6-4-3-5-11(13)10-16-14(18)12-7-8-15-9-12/h3-6,12,15H,7-10H2,1-2H3,(H,16,18). The molecule has 0 saturated carbocycles. The second-order valence-electron chi connectivity index (χ2n) is 5.30. The number of nitrogens with one attached hydrogen (secondary N) is 2. The zero-order chi connectivity index (χ0) is 15.5. The van der Waals surface area contributed by atoms with Crippen LogP contribution in [-0.2, 0) is 21.4 Å². The summed E-state index contributed by atoms with van der Waals surface area (Å²) in [4.78, 5) is 12.2. The van der Waals surface area contributed by atoms with Crippen LogP contribution in [0.3, 0.4) is 0 Å². The van der Waals surface area contributed by atoms with E-state index in [-0.39, 0.29) is 23.3 Å². The first-order chi connectivity index (χ1) is 9.93. The van der Waals surface area contributed by atoms with E-state index in [1.807, 2.05) is 0 Å². The van der Waals surface area contributed by atoms with E-state index in [0.29, 0.717) is 12.1 Å². The molecule has 0 radical (unpaired) electrons. The Morgan fingerprint density at radius 3 is 2.71 bits per heavy atom. The summed E-state index contributed by atoms with van der Waals surface area (Å²) in [6.07, 6.45) is 0.823. The Hall–Kier alpha value is -1.44. The summed E-state index contributed by atoms with van der Waals surface area (Å²) >= 11 is 0. The highest BCUT2D eigenvalue weighted by atomic mass is 32.2. The lowest BCUT2D eigenvalue weighted by Gasteiger charge is -2.16. The molecule has 2 N–H and O–H groups in total. The number of sulfonamides is 1. The molecule has 21 heavy (non-hydrogen) atoms. The number of hydrogen-bond acceptors (Lipinski definition) is 4. The first-order valence-corrected chi connectivity index (χ1v) is 8.36. The van der Waals surface area contributed by atoms with Crippen molar-refractivity contribution in [1.29, 1.82) is 0 Å². The number of carbonyl (C=O) groups is 1. The summed E-state index contributed by atoms with van der Waals surface area (Å²) in [6.45, 7) is 1.76. The van der Waals surface area contributed by atoms with Gasteiger partial charge >= 0.3 is 0 Å². The van der Waals surface area contributed by atoms with Crippen molar-refractivity contribution in [1.82, 2.24) is 14.9 Å². The molecule has 0 bridgehead atoms. The van der Waals surface area contributed by atoms with Crippen LogP contribution in [-0.4, -0.2) is 45.8 Å². The fraction of sp³-hybridized carbons (Fsp3) is 0.500. The molecule has 1 aliphatic heterocycles. The second-order valence-corrected chi connectivity index (χ2v) is 7.42. The van der Waals surface area contributed by atoms with Gasteiger partial charge in [0.2, 0.25) is 15.9 Å². The van der Waals surface area contributed by atoms with Gasteiger partial charge < -0.3 is 10.6 Å². The van der Waals surface area contributed by atoms with Crippen molar-refractivity contribution in [3.63, 3.8) is 0 Å². The van der Waals surface area contributed by atoms with Crippen LogP contribution in [0.5, 0.6) is 0 Å². The van der Waals surface area contributed by atoms with Crippen molar-refractivity contribution < 1.29 is 13.2 Å². The van der Waals surface area contributed by atoms with Crippen LogP contribution >= 0.6 is 0 Å². The maximum atomic E-state index is 12.3. The number of amides is 1. The third-order valence-corrected chi connectivity index (χ3v) is 5.53. The zero-order valence-electron chi connectivity index (χ0n) is 12.3. The summed E-state index contributed by atoms with van der Waals surface area (Å²) in [6, 6.07) is 6.74. The van der Waals surface area contributed by atoms with Gasteiger partial charge in [-0.1, -0.05) is 18.2 Å². The molecule has 1 amide bonds. The summed E-state index contributed by atoms with van der Waals surface area (Å²) in [5.41, 5.74) is 0.602. The maximum Gasteiger partial charge on any atom is 0.242 e. The van der Waals surface area contributed by atoms with E-state index in [2.05, 4.69) is 10.6 Å². The van der Waals surface area contributed by atoms with E-state index in [9.17, 15) is 13.2 Å². The highest BCUT2D eigenvalue weighted by Gasteiger charge is 2.24. The summed E-state index contributed by atoms with van der Waals surface area (Å²) < 4.78 is 25.7. The molecule has 1 saturated heterocycles. The summed E-state index contributed by atoms with van der Waals surface area (Å²) in [7, 11) is -0.515. The molecule has 6 nitrogen and oxygen atoms in total. The van der Waals surface area contributed by atoms with Gasteiger partial charge in [0.05, 0.1) is 10.8 Å². The third kappa shape index (κ3) is 3.61. The molecule has 1 unspecified atom stereocenters. The van der Waals surface area contributed by atoms with Crippen molar-refractivity contribution >= 4 is 15.9 Å². The lowest BCUT2D eigenvalue weighted by atomic mass is 10.1. The molecule has 0 aliphatic carbocycles. The van der Waals surface area contributed by atoms with Gasteiger partial charge in [0.25, 0.3) is 0 Å². The Balaban J connectivity index is 2.12. The first-order valence-electron chi connectivity index (χ1n) is 6.92. The average molecular weight is 311 g/mol. The minimum atomic E-state index is -3.50. The number of hydrogen-bond donors (Lipinski definition) is 2. The second kappa shape index (κ2) is 6.55. The molecule has 116 valence electrons. The van der Waals surface area contributed by atoms with Crippen LogP contribution in [0.2, 0.25) is 0 Å². The Morgan fingerprint density at radius 1 is 1.38 bits per heavy atom. The van der Waals surface area contributed by atoms with Crippen molar-refractivity contribution in [2.45, 2.75) is 17.9 Å². The Kier molecular flexibility index (Phi) is 4.97. The molecule has 7 heteroatoms. The lowest BCUT2D eigenvalue weighted by molar-refractivity contribution is -0.124. The molecular weight excluding hydrogens is 290 g/mol. The van der Waals surface area contributed by atoms with E-state index >= 15 is 0 Å². The molecule has 1 aromatic rings. The predicted molar refractivity (Wildman–Crippen MR) is 80.1 cm³/mol. The van der Waals surface area contributed by atoms with Crippen molar-refractivity contribution in [2.75, 3.05) is 27.2 Å². The van der Waals surface area contributed by atoms with Crippen LogP contribution < -0.4 is 10.6 Å². The van der Waals surface area contributed by atoms with Crippen molar-refractivity contribution in [3.8, 4) is 0 Å². The monoisotopic (exact) mass is 311 g/mol. The van der Waals surface area contributed by atoms with Gasteiger partial charge in [0, 0.05) is 27.2 Å². The molecule has 1 heterocycles. The van der Waals surface area contributed by atoms with E-state index < -0.39 is 10.0 Å². The molecule has 1 atom stereocenters.